The van der Waals surface area contributed by atoms with E-state index in [1.165, 1.54) is 6.20 Å². The zero-order chi connectivity index (χ0) is 18.7. The molecule has 26 heavy (non-hydrogen) atoms. The monoisotopic (exact) mass is 386 g/mol. The molecule has 0 aliphatic carbocycles. The molecule has 1 aliphatic heterocycles. The number of hydrogen-bond acceptors (Lipinski definition) is 7. The van der Waals surface area contributed by atoms with Gasteiger partial charge in [0.15, 0.2) is 5.75 Å². The van der Waals surface area contributed by atoms with Crippen LogP contribution in [0.5, 0.6) is 5.75 Å². The van der Waals surface area contributed by atoms with Crippen molar-refractivity contribution >= 4 is 23.2 Å². The van der Waals surface area contributed by atoms with Gasteiger partial charge in [-0.2, -0.15) is 5.10 Å². The number of piperazine rings is 1. The van der Waals surface area contributed by atoms with E-state index >= 15 is 0 Å². The molecule has 1 saturated heterocycles. The molecule has 1 aliphatic rings. The van der Waals surface area contributed by atoms with Gasteiger partial charge in [-0.3, -0.25) is 4.79 Å². The van der Waals surface area contributed by atoms with Gasteiger partial charge in [-0.25, -0.2) is 23.4 Å². The highest BCUT2D eigenvalue weighted by atomic mass is 35.5. The van der Waals surface area contributed by atoms with E-state index in [2.05, 4.69) is 15.1 Å². The summed E-state index contributed by atoms with van der Waals surface area (Å²) >= 11 is 6.09. The lowest BCUT2D eigenvalue weighted by molar-refractivity contribution is 0.119. The third kappa shape index (κ3) is 3.85. The number of hydrogen-bond donors (Lipinski definition) is 0. The van der Waals surface area contributed by atoms with Crippen LogP contribution in [0.4, 0.5) is 20.4 Å². The molecule has 0 unspecified atom stereocenters. The molecule has 0 N–H and O–H groups in total. The predicted molar refractivity (Wildman–Crippen MR) is 92.5 cm³/mol. The molecule has 0 bridgehead atoms. The lowest BCUT2D eigenvalue weighted by Gasteiger charge is -2.36. The summed E-state index contributed by atoms with van der Waals surface area (Å²) in [6.07, 6.45) is 1.87. The molecule has 0 amide bonds. The van der Waals surface area contributed by atoms with Crippen molar-refractivity contribution in [2.24, 2.45) is 0 Å². The number of alkyl halides is 2. The Hall–Kier alpha value is -2.49. The summed E-state index contributed by atoms with van der Waals surface area (Å²) in [6.45, 7) is 1.58. The van der Waals surface area contributed by atoms with Crippen LogP contribution in [0, 0.1) is 0 Å². The van der Waals surface area contributed by atoms with Gasteiger partial charge in [0, 0.05) is 26.2 Å². The van der Waals surface area contributed by atoms with E-state index in [1.807, 2.05) is 9.80 Å². The molecule has 140 valence electrons. The Morgan fingerprint density at radius 3 is 2.35 bits per heavy atom. The summed E-state index contributed by atoms with van der Waals surface area (Å²) in [7, 11) is 1.55. The number of ether oxygens (including phenoxy) is 1. The highest BCUT2D eigenvalue weighted by Crippen LogP contribution is 2.23. The molecular weight excluding hydrogens is 370 g/mol. The van der Waals surface area contributed by atoms with E-state index in [4.69, 9.17) is 16.3 Å². The van der Waals surface area contributed by atoms with E-state index < -0.39 is 18.5 Å². The largest absolute Gasteiger partial charge is 0.494 e. The van der Waals surface area contributed by atoms with Gasteiger partial charge in [0.25, 0.3) is 12.0 Å². The van der Waals surface area contributed by atoms with Crippen LogP contribution in [-0.4, -0.2) is 59.5 Å². The molecule has 3 heterocycles. The number of nitrogens with zero attached hydrogens (tertiary/aromatic N) is 6. The van der Waals surface area contributed by atoms with Gasteiger partial charge in [0.1, 0.15) is 11.6 Å². The molecule has 3 rings (SSSR count). The Labute approximate surface area is 153 Å². The maximum Gasteiger partial charge on any atom is 0.287 e. The molecule has 0 radical (unpaired) electrons. The first-order valence-corrected chi connectivity index (χ1v) is 8.27. The van der Waals surface area contributed by atoms with E-state index in [-0.39, 0.29) is 5.02 Å². The Morgan fingerprint density at radius 2 is 1.77 bits per heavy atom. The van der Waals surface area contributed by atoms with Crippen LogP contribution in [-0.2, 0) is 6.54 Å². The molecule has 1 fully saturated rings. The highest BCUT2D eigenvalue weighted by molar-refractivity contribution is 6.33. The van der Waals surface area contributed by atoms with Gasteiger partial charge in [-0.05, 0) is 0 Å². The Morgan fingerprint density at radius 1 is 1.15 bits per heavy atom. The fourth-order valence-electron chi connectivity index (χ4n) is 2.66. The van der Waals surface area contributed by atoms with Gasteiger partial charge >= 0.3 is 0 Å². The number of anilines is 2. The van der Waals surface area contributed by atoms with Gasteiger partial charge < -0.3 is 14.5 Å². The smallest absolute Gasteiger partial charge is 0.287 e. The predicted octanol–water partition coefficient (Wildman–Crippen LogP) is 1.29. The van der Waals surface area contributed by atoms with Crippen LogP contribution in [0.25, 0.3) is 0 Å². The van der Waals surface area contributed by atoms with Crippen molar-refractivity contribution in [1.29, 1.82) is 0 Å². The summed E-state index contributed by atoms with van der Waals surface area (Å²) in [5.41, 5.74) is -0.275. The van der Waals surface area contributed by atoms with Gasteiger partial charge in [0.05, 0.1) is 31.4 Å². The normalized spacial score (nSPS) is 14.8. The maximum absolute atomic E-state index is 12.5. The van der Waals surface area contributed by atoms with Crippen molar-refractivity contribution < 1.29 is 13.5 Å². The van der Waals surface area contributed by atoms with Crippen LogP contribution in [0.2, 0.25) is 5.02 Å². The van der Waals surface area contributed by atoms with Crippen molar-refractivity contribution in [2.45, 2.75) is 13.0 Å². The SMILES string of the molecule is COc1cnc(N2CCN(c3cnn(CC(F)F)c(=O)c3Cl)CC2)nc1. The minimum absolute atomic E-state index is 0.102. The highest BCUT2D eigenvalue weighted by Gasteiger charge is 2.23. The third-order valence-corrected chi connectivity index (χ3v) is 4.39. The number of aromatic nitrogens is 4. The first kappa shape index (κ1) is 18.3. The van der Waals surface area contributed by atoms with Gasteiger partial charge in [-0.15, -0.1) is 0 Å². The summed E-state index contributed by atoms with van der Waals surface area (Å²) in [6, 6.07) is 0. The van der Waals surface area contributed by atoms with Crippen molar-refractivity contribution in [1.82, 2.24) is 19.7 Å². The quantitative estimate of drug-likeness (QED) is 0.766. The summed E-state index contributed by atoms with van der Waals surface area (Å²) in [5, 5.41) is 3.69. The maximum atomic E-state index is 12.5. The van der Waals surface area contributed by atoms with Crippen LogP contribution in [0.3, 0.4) is 0 Å². The lowest BCUT2D eigenvalue weighted by Crippen LogP contribution is -2.47. The zero-order valence-electron chi connectivity index (χ0n) is 14.0. The second kappa shape index (κ2) is 7.81. The first-order valence-electron chi connectivity index (χ1n) is 7.89. The van der Waals surface area contributed by atoms with Crippen molar-refractivity contribution in [3.8, 4) is 5.75 Å². The average Bonchev–Trinajstić information content (AvgIpc) is 2.66. The van der Waals surface area contributed by atoms with Gasteiger partial charge in [0.2, 0.25) is 5.95 Å². The van der Waals surface area contributed by atoms with Gasteiger partial charge in [-0.1, -0.05) is 11.6 Å². The second-order valence-corrected chi connectivity index (χ2v) is 6.00. The molecule has 11 heteroatoms. The van der Waals surface area contributed by atoms with Crippen LogP contribution in [0.1, 0.15) is 0 Å². The van der Waals surface area contributed by atoms with E-state index in [0.717, 1.165) is 0 Å². The van der Waals surface area contributed by atoms with E-state index in [1.54, 1.807) is 19.5 Å². The summed E-state index contributed by atoms with van der Waals surface area (Å²) < 4.78 is 30.6. The van der Waals surface area contributed by atoms with Crippen LogP contribution >= 0.6 is 11.6 Å². The fraction of sp³-hybridized carbons (Fsp3) is 0.467. The standard InChI is InChI=1S/C15H17ClF2N6O2/c1-26-10-6-19-15(20-7-10)23-4-2-22(3-5-23)11-8-21-24(9-12(17)18)14(25)13(11)16/h6-8,12H,2-5,9H2,1H3. The van der Waals surface area contributed by atoms with E-state index in [9.17, 15) is 13.6 Å². The molecule has 0 atom stereocenters. The molecule has 2 aromatic heterocycles. The minimum atomic E-state index is -2.67. The fourth-order valence-corrected chi connectivity index (χ4v) is 2.93. The Bertz CT molecular complexity index is 809. The number of rotatable bonds is 5. The summed E-state index contributed by atoms with van der Waals surface area (Å²) in [5.74, 6) is 1.16. The molecule has 0 aromatic carbocycles. The van der Waals surface area contributed by atoms with Crippen LogP contribution in [0.15, 0.2) is 23.4 Å². The Kier molecular flexibility index (Phi) is 5.50. The lowest BCUT2D eigenvalue weighted by atomic mass is 10.3. The molecule has 0 saturated carbocycles. The van der Waals surface area contributed by atoms with Crippen molar-refractivity contribution in [2.75, 3.05) is 43.1 Å². The molecule has 8 nitrogen and oxygen atoms in total. The van der Waals surface area contributed by atoms with E-state index in [0.29, 0.717) is 48.2 Å². The number of methoxy groups -OCH3 is 1. The zero-order valence-corrected chi connectivity index (χ0v) is 14.7. The molecule has 0 spiro atoms. The Balaban J connectivity index is 1.69. The minimum Gasteiger partial charge on any atom is -0.494 e. The molecule has 2 aromatic rings. The van der Waals surface area contributed by atoms with Crippen LogP contribution < -0.4 is 20.1 Å². The third-order valence-electron chi connectivity index (χ3n) is 4.03. The number of halogens is 3. The second-order valence-electron chi connectivity index (χ2n) is 5.62. The van der Waals surface area contributed by atoms with Crippen molar-refractivity contribution in [3.63, 3.8) is 0 Å². The summed E-state index contributed by atoms with van der Waals surface area (Å²) in [4.78, 5) is 24.5. The molecular formula is C15H17ClF2N6O2. The first-order chi connectivity index (χ1) is 12.5. The average molecular weight is 387 g/mol. The van der Waals surface area contributed by atoms with Crippen molar-refractivity contribution in [3.05, 3.63) is 34.0 Å². The topological polar surface area (TPSA) is 76.4 Å².